The van der Waals surface area contributed by atoms with Crippen molar-refractivity contribution >= 4 is 15.9 Å². The topological polar surface area (TPSA) is 60.9 Å². The molecule has 2 unspecified atom stereocenters. The molecule has 2 aliphatic rings. The maximum Gasteiger partial charge on any atom is 0.254 e. The lowest BCUT2D eigenvalue weighted by Crippen LogP contribution is -2.47. The minimum atomic E-state index is -3.49. The molecule has 2 fully saturated rings. The van der Waals surface area contributed by atoms with Crippen molar-refractivity contribution < 1.29 is 13.2 Å². The Kier molecular flexibility index (Phi) is 5.69. The van der Waals surface area contributed by atoms with Crippen LogP contribution in [0.5, 0.6) is 0 Å². The third-order valence-electron chi connectivity index (χ3n) is 5.63. The van der Waals surface area contributed by atoms with Gasteiger partial charge in [-0.3, -0.25) is 4.79 Å². The van der Waals surface area contributed by atoms with E-state index in [1.807, 2.05) is 11.9 Å². The Morgan fingerprint density at radius 1 is 0.962 bits per heavy atom. The molecule has 0 N–H and O–H groups in total. The second kappa shape index (κ2) is 7.66. The fourth-order valence-electron chi connectivity index (χ4n) is 3.92. The van der Waals surface area contributed by atoms with Gasteiger partial charge in [-0.05, 0) is 64.4 Å². The van der Waals surface area contributed by atoms with Gasteiger partial charge >= 0.3 is 0 Å². The summed E-state index contributed by atoms with van der Waals surface area (Å²) in [4.78, 5) is 17.2. The van der Waals surface area contributed by atoms with Gasteiger partial charge in [-0.15, -0.1) is 0 Å². The molecule has 0 aliphatic carbocycles. The van der Waals surface area contributed by atoms with Gasteiger partial charge in [0.2, 0.25) is 10.0 Å². The van der Waals surface area contributed by atoms with Crippen LogP contribution in [0.1, 0.15) is 43.5 Å². The van der Waals surface area contributed by atoms with Gasteiger partial charge < -0.3 is 9.80 Å². The molecule has 1 aromatic rings. The zero-order chi connectivity index (χ0) is 18.9. The van der Waals surface area contributed by atoms with Crippen LogP contribution < -0.4 is 0 Å². The zero-order valence-electron chi connectivity index (χ0n) is 15.9. The van der Waals surface area contributed by atoms with Crippen LogP contribution in [-0.2, 0) is 10.0 Å². The molecule has 0 radical (unpaired) electrons. The molecular weight excluding hydrogens is 350 g/mol. The number of likely N-dealkylation sites (tertiary alicyclic amines) is 1. The Labute approximate surface area is 156 Å². The van der Waals surface area contributed by atoms with Crippen LogP contribution in [0.2, 0.25) is 0 Å². The smallest absolute Gasteiger partial charge is 0.254 e. The van der Waals surface area contributed by atoms with Crippen LogP contribution in [0.15, 0.2) is 29.2 Å². The monoisotopic (exact) mass is 379 g/mol. The van der Waals surface area contributed by atoms with E-state index in [4.69, 9.17) is 0 Å². The molecule has 7 heteroatoms. The number of hydrogen-bond donors (Lipinski definition) is 0. The predicted octanol–water partition coefficient (Wildman–Crippen LogP) is 2.03. The van der Waals surface area contributed by atoms with Gasteiger partial charge in [0, 0.05) is 43.8 Å². The third-order valence-corrected chi connectivity index (χ3v) is 7.54. The Hall–Kier alpha value is -1.44. The van der Waals surface area contributed by atoms with Gasteiger partial charge in [0.05, 0.1) is 4.90 Å². The molecule has 0 spiro atoms. The zero-order valence-corrected chi connectivity index (χ0v) is 16.7. The molecule has 2 aliphatic heterocycles. The number of hydrogen-bond acceptors (Lipinski definition) is 4. The van der Waals surface area contributed by atoms with E-state index >= 15 is 0 Å². The van der Waals surface area contributed by atoms with Gasteiger partial charge in [0.25, 0.3) is 5.91 Å². The summed E-state index contributed by atoms with van der Waals surface area (Å²) in [5.41, 5.74) is 0.558. The quantitative estimate of drug-likeness (QED) is 0.806. The maximum atomic E-state index is 12.9. The van der Waals surface area contributed by atoms with Crippen LogP contribution in [0.25, 0.3) is 0 Å². The molecule has 1 aromatic carbocycles. The van der Waals surface area contributed by atoms with Crippen LogP contribution in [0.3, 0.4) is 0 Å². The van der Waals surface area contributed by atoms with Gasteiger partial charge in [-0.25, -0.2) is 8.42 Å². The molecule has 0 saturated carbocycles. The number of piperidine rings is 1. The van der Waals surface area contributed by atoms with Crippen LogP contribution in [0.4, 0.5) is 0 Å². The average molecular weight is 380 g/mol. The molecule has 2 atom stereocenters. The Bertz CT molecular complexity index is 730. The van der Waals surface area contributed by atoms with E-state index in [0.717, 1.165) is 32.4 Å². The molecule has 3 rings (SSSR count). The average Bonchev–Trinajstić information content (AvgIpc) is 2.62. The summed E-state index contributed by atoms with van der Waals surface area (Å²) >= 11 is 0. The normalized spacial score (nSPS) is 26.0. The van der Waals surface area contributed by atoms with Crippen molar-refractivity contribution in [1.82, 2.24) is 14.1 Å². The van der Waals surface area contributed by atoms with Crippen molar-refractivity contribution in [3.63, 3.8) is 0 Å². The summed E-state index contributed by atoms with van der Waals surface area (Å²) in [5, 5.41) is 0. The minimum Gasteiger partial charge on any atom is -0.333 e. The van der Waals surface area contributed by atoms with E-state index in [1.54, 1.807) is 24.3 Å². The summed E-state index contributed by atoms with van der Waals surface area (Å²) < 4.78 is 27.1. The van der Waals surface area contributed by atoms with Crippen molar-refractivity contribution in [1.29, 1.82) is 0 Å². The number of carbonyl (C=O) groups is 1. The standard InChI is InChI=1S/C19H29N3O3S/c1-15-5-4-6-16(2)22(15)19(23)17-7-9-18(10-8-17)26(24,25)21-13-11-20(3)12-14-21/h7-10,15-16H,4-6,11-14H2,1-3H3. The second-order valence-electron chi connectivity index (χ2n) is 7.57. The van der Waals surface area contributed by atoms with Gasteiger partial charge in [-0.2, -0.15) is 4.31 Å². The van der Waals surface area contributed by atoms with E-state index in [-0.39, 0.29) is 22.9 Å². The number of benzene rings is 1. The summed E-state index contributed by atoms with van der Waals surface area (Å²) in [6.07, 6.45) is 3.19. The lowest BCUT2D eigenvalue weighted by Gasteiger charge is -2.39. The predicted molar refractivity (Wildman–Crippen MR) is 102 cm³/mol. The maximum absolute atomic E-state index is 12.9. The first kappa shape index (κ1) is 19.3. The number of nitrogens with zero attached hydrogens (tertiary/aromatic N) is 3. The molecule has 1 amide bonds. The summed E-state index contributed by atoms with van der Waals surface area (Å²) in [6, 6.07) is 6.89. The highest BCUT2D eigenvalue weighted by molar-refractivity contribution is 7.89. The molecule has 6 nitrogen and oxygen atoms in total. The van der Waals surface area contributed by atoms with E-state index in [2.05, 4.69) is 18.7 Å². The van der Waals surface area contributed by atoms with Gasteiger partial charge in [-0.1, -0.05) is 0 Å². The van der Waals surface area contributed by atoms with E-state index in [9.17, 15) is 13.2 Å². The number of sulfonamides is 1. The number of piperazine rings is 1. The number of rotatable bonds is 3. The lowest BCUT2D eigenvalue weighted by molar-refractivity contribution is 0.0510. The SMILES string of the molecule is CC1CCCC(C)N1C(=O)c1ccc(S(=O)(=O)N2CCN(C)CC2)cc1. The van der Waals surface area contributed by atoms with E-state index < -0.39 is 10.0 Å². The second-order valence-corrected chi connectivity index (χ2v) is 9.51. The van der Waals surface area contributed by atoms with Crippen molar-refractivity contribution in [3.8, 4) is 0 Å². The summed E-state index contributed by atoms with van der Waals surface area (Å²) in [5.74, 6) is -0.00625. The molecule has 2 heterocycles. The van der Waals surface area contributed by atoms with Crippen molar-refractivity contribution in [3.05, 3.63) is 29.8 Å². The first-order valence-corrected chi connectivity index (χ1v) is 10.9. The van der Waals surface area contributed by atoms with Crippen molar-refractivity contribution in [2.75, 3.05) is 33.2 Å². The fourth-order valence-corrected chi connectivity index (χ4v) is 5.34. The van der Waals surface area contributed by atoms with Crippen molar-refractivity contribution in [2.24, 2.45) is 0 Å². The first-order chi connectivity index (χ1) is 12.3. The highest BCUT2D eigenvalue weighted by atomic mass is 32.2. The van der Waals surface area contributed by atoms with Crippen LogP contribution in [0, 0.1) is 0 Å². The summed E-state index contributed by atoms with van der Waals surface area (Å²) in [7, 11) is -1.50. The summed E-state index contributed by atoms with van der Waals surface area (Å²) in [6.45, 7) is 6.64. The first-order valence-electron chi connectivity index (χ1n) is 9.42. The molecule has 2 saturated heterocycles. The van der Waals surface area contributed by atoms with Crippen molar-refractivity contribution in [2.45, 2.75) is 50.1 Å². The van der Waals surface area contributed by atoms with Crippen LogP contribution >= 0.6 is 0 Å². The van der Waals surface area contributed by atoms with Gasteiger partial charge in [0.1, 0.15) is 0 Å². The van der Waals surface area contributed by atoms with E-state index in [1.165, 1.54) is 4.31 Å². The lowest BCUT2D eigenvalue weighted by atomic mass is 9.96. The Balaban J connectivity index is 1.76. The molecular formula is C19H29N3O3S. The highest BCUT2D eigenvalue weighted by Gasteiger charge is 2.31. The van der Waals surface area contributed by atoms with Gasteiger partial charge in [0.15, 0.2) is 0 Å². The molecule has 0 bridgehead atoms. The van der Waals surface area contributed by atoms with Crippen LogP contribution in [-0.4, -0.2) is 73.7 Å². The highest BCUT2D eigenvalue weighted by Crippen LogP contribution is 2.25. The largest absolute Gasteiger partial charge is 0.333 e. The number of amides is 1. The molecule has 144 valence electrons. The Morgan fingerprint density at radius 3 is 2.04 bits per heavy atom. The third kappa shape index (κ3) is 3.80. The van der Waals surface area contributed by atoms with E-state index in [0.29, 0.717) is 18.7 Å². The Morgan fingerprint density at radius 2 is 1.50 bits per heavy atom. The number of carbonyl (C=O) groups excluding carboxylic acids is 1. The molecule has 0 aromatic heterocycles. The number of likely N-dealkylation sites (N-methyl/N-ethyl adjacent to an activating group) is 1. The minimum absolute atomic E-state index is 0.00625. The fraction of sp³-hybridized carbons (Fsp3) is 0.632. The molecule has 26 heavy (non-hydrogen) atoms.